The van der Waals surface area contributed by atoms with E-state index in [1.54, 1.807) is 42.6 Å². The molecule has 0 bridgehead atoms. The van der Waals surface area contributed by atoms with Gasteiger partial charge in [0.05, 0.1) is 0 Å². The van der Waals surface area contributed by atoms with Crippen molar-refractivity contribution in [1.29, 1.82) is 0 Å². The van der Waals surface area contributed by atoms with Crippen molar-refractivity contribution in [2.45, 2.75) is 37.7 Å². The molecular weight excluding hydrogens is 325 g/mol. The summed E-state index contributed by atoms with van der Waals surface area (Å²) in [5, 5.41) is 17.9. The number of nitrogens with two attached hydrogens (primary N) is 1. The summed E-state index contributed by atoms with van der Waals surface area (Å²) in [6, 6.07) is 2.05. The van der Waals surface area contributed by atoms with Gasteiger partial charge in [-0.25, -0.2) is 0 Å². The van der Waals surface area contributed by atoms with Crippen molar-refractivity contribution in [3.8, 4) is 0 Å². The van der Waals surface area contributed by atoms with Crippen LogP contribution >= 0.6 is 0 Å². The Morgan fingerprint density at radius 1 is 1.35 bits per heavy atom. The second-order valence-corrected chi connectivity index (χ2v) is 4.60. The van der Waals surface area contributed by atoms with Crippen molar-refractivity contribution in [3.05, 3.63) is 23.7 Å². The van der Waals surface area contributed by atoms with Crippen LogP contribution in [0.1, 0.15) is 38.1 Å². The van der Waals surface area contributed by atoms with E-state index in [2.05, 4.69) is 0 Å². The zero-order valence-corrected chi connectivity index (χ0v) is 13.7. The molecule has 97 valence electrons. The maximum atomic E-state index is 8.93. The van der Waals surface area contributed by atoms with Crippen LogP contribution in [0, 0.1) is 0 Å². The molecule has 1 unspecified atom stereocenters. The number of hydrogen-bond donors (Lipinski definition) is 1. The Labute approximate surface area is 117 Å². The van der Waals surface area contributed by atoms with Gasteiger partial charge in [0.25, 0.3) is 0 Å². The molecule has 5 heteroatoms. The van der Waals surface area contributed by atoms with Crippen LogP contribution in [0.15, 0.2) is 16.7 Å². The molecule has 4 nitrogen and oxygen atoms in total. The van der Waals surface area contributed by atoms with E-state index in [4.69, 9.17) is 20.4 Å². The number of hydrogen-bond acceptors (Lipinski definition) is 4. The molecule has 2 N–H and O–H groups in total. The van der Waals surface area contributed by atoms with Gasteiger partial charge < -0.3 is 10.2 Å². The third-order valence-corrected chi connectivity index (χ3v) is 2.30. The fraction of sp³-hybridized carbons (Fsp3) is 0.667. The molecule has 0 aromatic carbocycles. The Balaban J connectivity index is 0. The summed E-state index contributed by atoms with van der Waals surface area (Å²) in [6.45, 7) is 5.09. The van der Waals surface area contributed by atoms with E-state index in [9.17, 15) is 0 Å². The first-order valence-corrected chi connectivity index (χ1v) is 7.73. The molecule has 1 radical (unpaired) electrons. The van der Waals surface area contributed by atoms with Gasteiger partial charge in [0, 0.05) is 0 Å². The maximum Gasteiger partial charge on any atom is -0.0809 e. The van der Waals surface area contributed by atoms with Crippen LogP contribution in [-0.2, 0) is 6.42 Å². The summed E-state index contributed by atoms with van der Waals surface area (Å²) in [7, 11) is 0. The molecule has 0 spiro atoms. The van der Waals surface area contributed by atoms with Gasteiger partial charge in [-0.3, -0.25) is 0 Å². The quantitative estimate of drug-likeness (QED) is 0.790. The number of aryl methyl sites for hydroxylation is 1. The van der Waals surface area contributed by atoms with Gasteiger partial charge in [-0.05, 0) is 0 Å². The molecule has 0 saturated carbocycles. The predicted molar refractivity (Wildman–Crippen MR) is 66.7 cm³/mol. The molecule has 17 heavy (non-hydrogen) atoms. The van der Waals surface area contributed by atoms with E-state index in [1.807, 2.05) is 13.0 Å². The van der Waals surface area contributed by atoms with Crippen LogP contribution < -0.4 is 15.9 Å². The topological polar surface area (TPSA) is 85.3 Å². The summed E-state index contributed by atoms with van der Waals surface area (Å²) in [4.78, 5) is 0. The molecule has 0 aliphatic heterocycles. The smallest absolute Gasteiger partial charge is 0.0809 e. The van der Waals surface area contributed by atoms with Gasteiger partial charge >= 0.3 is 80.2 Å². The van der Waals surface area contributed by atoms with Crippen molar-refractivity contribution < 1.29 is 14.6 Å². The van der Waals surface area contributed by atoms with Gasteiger partial charge in [-0.15, -0.1) is 13.2 Å². The molecule has 1 aromatic heterocycles. The normalized spacial score (nSPS) is 10.6. The third-order valence-electron chi connectivity index (χ3n) is 1.59. The van der Waals surface area contributed by atoms with Crippen molar-refractivity contribution in [3.63, 3.8) is 0 Å². The molecule has 0 amide bonds. The Morgan fingerprint density at radius 2 is 1.82 bits per heavy atom. The Kier molecular flexibility index (Phi) is 15.9. The van der Waals surface area contributed by atoms with E-state index < -0.39 is 0 Å². The van der Waals surface area contributed by atoms with Crippen LogP contribution in [0.25, 0.3) is 0 Å². The minimum absolute atomic E-state index is 0. The summed E-state index contributed by atoms with van der Waals surface area (Å²) >= 11 is 1.56. The van der Waals surface area contributed by atoms with E-state index in [0.717, 1.165) is 12.2 Å². The number of furan rings is 1. The minimum atomic E-state index is 0. The molecule has 1 atom stereocenters. The van der Waals surface area contributed by atoms with Crippen molar-refractivity contribution in [2.75, 3.05) is 13.2 Å². The molecule has 0 aliphatic carbocycles. The first-order chi connectivity index (χ1) is 8.08. The molecule has 0 fully saturated rings. The second-order valence-electron chi connectivity index (χ2n) is 3.18. The SMILES string of the molecule is CC(N)c1occc1C[CH2][Sn+2].CC[O-].CC[O-]. The Hall–Kier alpha value is -0.0413. The van der Waals surface area contributed by atoms with Crippen molar-refractivity contribution in [1.82, 2.24) is 0 Å². The van der Waals surface area contributed by atoms with Gasteiger partial charge in [0.15, 0.2) is 0 Å². The van der Waals surface area contributed by atoms with Crippen LogP contribution in [-0.4, -0.2) is 35.7 Å². The molecular formula is C12H22NO3Sn. The van der Waals surface area contributed by atoms with Crippen molar-refractivity contribution in [2.24, 2.45) is 5.73 Å². The van der Waals surface area contributed by atoms with Gasteiger partial charge in [0.1, 0.15) is 0 Å². The zero-order valence-electron chi connectivity index (χ0n) is 10.9. The molecule has 0 aliphatic rings. The molecule has 1 heterocycles. The fourth-order valence-corrected chi connectivity index (χ4v) is 1.86. The summed E-state index contributed by atoms with van der Waals surface area (Å²) < 4.78 is 6.49. The standard InChI is InChI=1S/C8H12NO.2C2H5O.Sn/c1-3-7-4-5-10-8(7)6(2)9;2*1-2-3;/h4-6H,1,3,9H2,2H3;2*2H2,1H3;/q;2*-1;+2. The Bertz CT molecular complexity index is 250. The molecule has 1 rings (SSSR count). The summed E-state index contributed by atoms with van der Waals surface area (Å²) in [5.74, 6) is 0.951. The van der Waals surface area contributed by atoms with Crippen molar-refractivity contribution >= 4 is 22.5 Å². The fourth-order valence-electron chi connectivity index (χ4n) is 1.09. The summed E-state index contributed by atoms with van der Waals surface area (Å²) in [5.41, 5.74) is 6.98. The first kappa shape index (κ1) is 19.3. The average molecular weight is 347 g/mol. The largest absolute Gasteiger partial charge is 0.855 e. The Morgan fingerprint density at radius 3 is 2.18 bits per heavy atom. The first-order valence-electron chi connectivity index (χ1n) is 5.71. The zero-order chi connectivity index (χ0) is 13.7. The number of rotatable bonds is 3. The second kappa shape index (κ2) is 14.0. The minimum Gasteiger partial charge on any atom is -0.855 e. The predicted octanol–water partition coefficient (Wildman–Crippen LogP) is 0.162. The summed E-state index contributed by atoms with van der Waals surface area (Å²) in [6.07, 6.45) is 2.82. The van der Waals surface area contributed by atoms with Crippen LogP contribution in [0.2, 0.25) is 4.44 Å². The van der Waals surface area contributed by atoms with E-state index in [1.165, 1.54) is 10.0 Å². The average Bonchev–Trinajstić information content (AvgIpc) is 2.69. The van der Waals surface area contributed by atoms with Crippen LogP contribution in [0.4, 0.5) is 0 Å². The maximum absolute atomic E-state index is 8.93. The van der Waals surface area contributed by atoms with Gasteiger partial charge in [-0.2, -0.15) is 0 Å². The van der Waals surface area contributed by atoms with E-state index >= 15 is 0 Å². The van der Waals surface area contributed by atoms with Crippen LogP contribution in [0.3, 0.4) is 0 Å². The molecule has 1 aromatic rings. The van der Waals surface area contributed by atoms with E-state index in [-0.39, 0.29) is 19.3 Å². The van der Waals surface area contributed by atoms with E-state index in [0.29, 0.717) is 0 Å². The van der Waals surface area contributed by atoms with Gasteiger partial charge in [0.2, 0.25) is 0 Å². The molecule has 0 saturated heterocycles. The van der Waals surface area contributed by atoms with Crippen LogP contribution in [0.5, 0.6) is 0 Å². The van der Waals surface area contributed by atoms with Gasteiger partial charge in [-0.1, -0.05) is 13.8 Å². The third kappa shape index (κ3) is 10.8. The monoisotopic (exact) mass is 348 g/mol.